The van der Waals surface area contributed by atoms with Gasteiger partial charge in [0.25, 0.3) is 10.0 Å². The van der Waals surface area contributed by atoms with Crippen molar-refractivity contribution in [2.45, 2.75) is 17.1 Å². The number of carbonyl (C=O) groups is 1. The van der Waals surface area contributed by atoms with Crippen LogP contribution in [0.2, 0.25) is 0 Å². The molecule has 0 aliphatic carbocycles. The molecule has 15 heteroatoms. The highest BCUT2D eigenvalue weighted by Gasteiger charge is 2.58. The number of aromatic nitrogens is 1. The molecule has 3 aromatic rings. The first kappa shape index (κ1) is 25.3. The molecule has 2 N–H and O–H groups in total. The molecule has 0 amide bonds. The minimum absolute atomic E-state index is 0.0124. The van der Waals surface area contributed by atoms with Crippen LogP contribution in [0.4, 0.5) is 32.0 Å². The number of rotatable bonds is 7. The van der Waals surface area contributed by atoms with Gasteiger partial charge in [0.15, 0.2) is 5.03 Å². The molecule has 7 nitrogen and oxygen atoms in total. The number of alkyl halides is 5. The summed E-state index contributed by atoms with van der Waals surface area (Å²) in [5.41, 5.74) is -2.40. The summed E-state index contributed by atoms with van der Waals surface area (Å²) in [5.74, 6) is -8.20. The smallest absolute Gasteiger partial charge is 0.458 e. The van der Waals surface area contributed by atoms with E-state index in [2.05, 4.69) is 4.98 Å². The fourth-order valence-electron chi connectivity index (χ4n) is 2.66. The van der Waals surface area contributed by atoms with Crippen molar-refractivity contribution in [3.8, 4) is 16.3 Å². The highest BCUT2D eigenvalue weighted by Crippen LogP contribution is 2.44. The fourth-order valence-corrected chi connectivity index (χ4v) is 4.83. The number of carboxylic acids is 1. The van der Waals surface area contributed by atoms with Gasteiger partial charge in [-0.1, -0.05) is 24.3 Å². The molecule has 34 heavy (non-hydrogen) atoms. The number of thiazole rings is 1. The van der Waals surface area contributed by atoms with Gasteiger partial charge in [-0.3, -0.25) is 4.72 Å². The number of carboxylic acid groups (broad SMARTS) is 1. The summed E-state index contributed by atoms with van der Waals surface area (Å²) >= 11 is 0.755. The van der Waals surface area contributed by atoms with Gasteiger partial charge < -0.3 is 9.84 Å². The van der Waals surface area contributed by atoms with Crippen molar-refractivity contribution in [1.29, 1.82) is 0 Å². The van der Waals surface area contributed by atoms with Crippen LogP contribution in [0.1, 0.15) is 15.9 Å². The predicted octanol–water partition coefficient (Wildman–Crippen LogP) is 5.11. The number of benzene rings is 2. The van der Waals surface area contributed by atoms with Crippen molar-refractivity contribution >= 4 is 33.0 Å². The summed E-state index contributed by atoms with van der Waals surface area (Å²) in [6.45, 7) is 0. The lowest BCUT2D eigenvalue weighted by atomic mass is 10.1. The van der Waals surface area contributed by atoms with Gasteiger partial charge in [-0.05, 0) is 6.07 Å². The zero-order chi connectivity index (χ0) is 25.5. The first-order valence-corrected chi connectivity index (χ1v) is 11.2. The summed E-state index contributed by atoms with van der Waals surface area (Å²) in [5, 5.41) is 9.44. The van der Waals surface area contributed by atoms with Gasteiger partial charge in [0, 0.05) is 22.6 Å². The van der Waals surface area contributed by atoms with Crippen LogP contribution < -0.4 is 9.46 Å². The molecule has 3 rings (SSSR count). The van der Waals surface area contributed by atoms with E-state index in [4.69, 9.17) is 9.84 Å². The molecular formula is C19H12F6N2O5S2. The number of halogens is 6. The van der Waals surface area contributed by atoms with Crippen molar-refractivity contribution < 1.29 is 49.4 Å². The van der Waals surface area contributed by atoms with E-state index in [-0.39, 0.29) is 16.3 Å². The Morgan fingerprint density at radius 2 is 1.74 bits per heavy atom. The normalized spacial score (nSPS) is 12.4. The number of sulfonamides is 1. The minimum atomic E-state index is -5.79. The van der Waals surface area contributed by atoms with E-state index in [9.17, 15) is 39.6 Å². The van der Waals surface area contributed by atoms with Crippen LogP contribution in [0.15, 0.2) is 46.8 Å². The molecule has 0 aliphatic heterocycles. The average molecular weight is 526 g/mol. The van der Waals surface area contributed by atoms with E-state index < -0.39 is 55.7 Å². The Balaban J connectivity index is 1.89. The molecule has 0 saturated heterocycles. The molecular weight excluding hydrogens is 514 g/mol. The summed E-state index contributed by atoms with van der Waals surface area (Å²) in [6, 6.07) is 4.34. The standard InChI is InChI=1S/C19H12F6N2O5S2/c1-32-14-6-11(17(28)29)12(20)7-13(14)27-34(30,31)15-8-33-16(26-15)9-2-4-10(5-3-9)18(21,22)19(23,24)25/h2-8,27H,1H3,(H,28,29). The molecule has 1 heterocycles. The maximum Gasteiger partial charge on any atom is 0.458 e. The molecule has 0 unspecified atom stereocenters. The molecule has 0 aliphatic rings. The van der Waals surface area contributed by atoms with Crippen molar-refractivity contribution in [2.24, 2.45) is 0 Å². The number of hydrogen-bond donors (Lipinski definition) is 2. The summed E-state index contributed by atoms with van der Waals surface area (Å²) in [6.07, 6.45) is -5.79. The van der Waals surface area contributed by atoms with Crippen LogP contribution in [-0.4, -0.2) is 37.8 Å². The van der Waals surface area contributed by atoms with Crippen LogP contribution in [0.25, 0.3) is 10.6 Å². The van der Waals surface area contributed by atoms with Gasteiger partial charge in [0.1, 0.15) is 16.6 Å². The minimum Gasteiger partial charge on any atom is -0.495 e. The van der Waals surface area contributed by atoms with Gasteiger partial charge in [-0.25, -0.2) is 14.2 Å². The Kier molecular flexibility index (Phi) is 6.54. The first-order valence-electron chi connectivity index (χ1n) is 8.82. The summed E-state index contributed by atoms with van der Waals surface area (Å²) < 4.78 is 111. The number of methoxy groups -OCH3 is 1. The van der Waals surface area contributed by atoms with Crippen molar-refractivity contribution in [3.63, 3.8) is 0 Å². The van der Waals surface area contributed by atoms with Crippen molar-refractivity contribution in [2.75, 3.05) is 11.8 Å². The topological polar surface area (TPSA) is 106 Å². The second kappa shape index (κ2) is 8.79. The summed E-state index contributed by atoms with van der Waals surface area (Å²) in [4.78, 5) is 14.9. The Morgan fingerprint density at radius 1 is 1.12 bits per heavy atom. The van der Waals surface area contributed by atoms with Crippen LogP contribution in [-0.2, 0) is 15.9 Å². The Bertz CT molecular complexity index is 1340. The Labute approximate surface area is 191 Å². The number of anilines is 1. The molecule has 182 valence electrons. The van der Waals surface area contributed by atoms with Gasteiger partial charge in [0.05, 0.1) is 18.4 Å². The van der Waals surface area contributed by atoms with Gasteiger partial charge in [0.2, 0.25) is 0 Å². The predicted molar refractivity (Wildman–Crippen MR) is 108 cm³/mol. The maximum absolute atomic E-state index is 14.0. The highest BCUT2D eigenvalue weighted by atomic mass is 32.2. The van der Waals surface area contributed by atoms with E-state index in [0.29, 0.717) is 18.2 Å². The second-order valence-corrected chi connectivity index (χ2v) is 9.07. The van der Waals surface area contributed by atoms with E-state index in [1.165, 1.54) is 0 Å². The lowest BCUT2D eigenvalue weighted by Crippen LogP contribution is -2.33. The first-order chi connectivity index (χ1) is 15.7. The number of aromatic carboxylic acids is 1. The number of nitrogens with zero attached hydrogens (tertiary/aromatic N) is 1. The quantitative estimate of drug-likeness (QED) is 0.415. The lowest BCUT2D eigenvalue weighted by molar-refractivity contribution is -0.289. The van der Waals surface area contributed by atoms with Crippen molar-refractivity contribution in [1.82, 2.24) is 4.98 Å². The van der Waals surface area contributed by atoms with Gasteiger partial charge >= 0.3 is 18.1 Å². The number of nitrogens with one attached hydrogen (secondary N) is 1. The molecule has 0 saturated carbocycles. The van der Waals surface area contributed by atoms with E-state index in [1.54, 1.807) is 0 Å². The molecule has 0 fully saturated rings. The third-order valence-corrected chi connectivity index (χ3v) is 6.66. The van der Waals surface area contributed by atoms with E-state index in [0.717, 1.165) is 42.0 Å². The van der Waals surface area contributed by atoms with Gasteiger partial charge in [-0.15, -0.1) is 11.3 Å². The van der Waals surface area contributed by atoms with E-state index in [1.807, 2.05) is 4.72 Å². The third-order valence-electron chi connectivity index (χ3n) is 4.37. The zero-order valence-electron chi connectivity index (χ0n) is 16.7. The largest absolute Gasteiger partial charge is 0.495 e. The van der Waals surface area contributed by atoms with Crippen molar-refractivity contribution in [3.05, 3.63) is 58.7 Å². The molecule has 0 radical (unpaired) electrons. The molecule has 0 atom stereocenters. The molecule has 2 aromatic carbocycles. The number of hydrogen-bond acceptors (Lipinski definition) is 6. The summed E-state index contributed by atoms with van der Waals surface area (Å²) in [7, 11) is -3.35. The fraction of sp³-hybridized carbons (Fsp3) is 0.158. The van der Waals surface area contributed by atoms with E-state index >= 15 is 0 Å². The lowest BCUT2D eigenvalue weighted by Gasteiger charge is -2.19. The van der Waals surface area contributed by atoms with Gasteiger partial charge in [-0.2, -0.15) is 30.4 Å². The highest BCUT2D eigenvalue weighted by molar-refractivity contribution is 7.92. The average Bonchev–Trinajstić information content (AvgIpc) is 3.24. The van der Waals surface area contributed by atoms with Crippen LogP contribution in [0.5, 0.6) is 5.75 Å². The monoisotopic (exact) mass is 526 g/mol. The molecule has 0 spiro atoms. The maximum atomic E-state index is 14.0. The molecule has 1 aromatic heterocycles. The zero-order valence-corrected chi connectivity index (χ0v) is 18.3. The third kappa shape index (κ3) is 4.79. The number of ether oxygens (including phenoxy) is 1. The van der Waals surface area contributed by atoms with Crippen LogP contribution in [0.3, 0.4) is 0 Å². The SMILES string of the molecule is COc1cc(C(=O)O)c(F)cc1NS(=O)(=O)c1csc(-c2ccc(C(F)(F)C(F)(F)F)cc2)n1. The van der Waals surface area contributed by atoms with Crippen LogP contribution in [0, 0.1) is 5.82 Å². The Hall–Kier alpha value is -3.33. The Morgan fingerprint density at radius 3 is 2.26 bits per heavy atom. The molecule has 0 bridgehead atoms. The second-order valence-electron chi connectivity index (χ2n) is 6.58. The van der Waals surface area contributed by atoms with Crippen LogP contribution >= 0.6 is 11.3 Å².